The monoisotopic (exact) mass is 440 g/mol. The van der Waals surface area contributed by atoms with Crippen molar-refractivity contribution in [2.45, 2.75) is 24.2 Å². The molecule has 0 radical (unpaired) electrons. The van der Waals surface area contributed by atoms with Crippen LogP contribution in [-0.2, 0) is 14.8 Å². The molecule has 6 nitrogen and oxygen atoms in total. The molecule has 1 aliphatic heterocycles. The summed E-state index contributed by atoms with van der Waals surface area (Å²) < 4.78 is 45.9. The number of sulfonamides is 1. The summed E-state index contributed by atoms with van der Waals surface area (Å²) >= 11 is 5.87. The highest BCUT2D eigenvalue weighted by molar-refractivity contribution is 7.89. The minimum Gasteiger partial charge on any atom is -0.493 e. The first kappa shape index (κ1) is 21.5. The van der Waals surface area contributed by atoms with Gasteiger partial charge in [-0.15, -0.1) is 0 Å². The molecule has 1 aliphatic rings. The lowest BCUT2D eigenvalue weighted by Crippen LogP contribution is -2.47. The lowest BCUT2D eigenvalue weighted by atomic mass is 9.76. The lowest BCUT2D eigenvalue weighted by molar-refractivity contribution is -0.121. The topological polar surface area (TPSA) is 89.7 Å². The smallest absolute Gasteiger partial charge is 0.243 e. The average molecular weight is 441 g/mol. The van der Waals surface area contributed by atoms with Gasteiger partial charge in [-0.25, -0.2) is 12.8 Å². The number of nitrogens with two attached hydrogens (primary N) is 1. The first-order valence-electron chi connectivity index (χ1n) is 9.13. The Balaban J connectivity index is 1.71. The van der Waals surface area contributed by atoms with Crippen molar-refractivity contribution in [3.63, 3.8) is 0 Å². The Kier molecular flexibility index (Phi) is 6.45. The van der Waals surface area contributed by atoms with Gasteiger partial charge in [0.25, 0.3) is 0 Å². The van der Waals surface area contributed by atoms with Crippen molar-refractivity contribution in [1.29, 1.82) is 0 Å². The summed E-state index contributed by atoms with van der Waals surface area (Å²) in [5, 5.41) is 0.587. The number of nitrogens with zero attached hydrogens (tertiary/aromatic N) is 1. The third kappa shape index (κ3) is 5.26. The lowest BCUT2D eigenvalue weighted by Gasteiger charge is -2.40. The highest BCUT2D eigenvalue weighted by Gasteiger charge is 2.40. The average Bonchev–Trinajstić information content (AvgIpc) is 2.68. The van der Waals surface area contributed by atoms with E-state index in [4.69, 9.17) is 22.1 Å². The van der Waals surface area contributed by atoms with Crippen LogP contribution < -0.4 is 10.5 Å². The molecule has 1 fully saturated rings. The molecule has 1 heterocycles. The van der Waals surface area contributed by atoms with Gasteiger partial charge in [0.15, 0.2) is 0 Å². The second-order valence-corrected chi connectivity index (χ2v) is 9.62. The molecule has 0 aliphatic carbocycles. The predicted octanol–water partition coefficient (Wildman–Crippen LogP) is 3.20. The van der Waals surface area contributed by atoms with E-state index in [0.717, 1.165) is 12.1 Å². The van der Waals surface area contributed by atoms with Crippen molar-refractivity contribution in [3.05, 3.63) is 59.4 Å². The molecule has 3 rings (SSSR count). The normalized spacial score (nSPS) is 17.0. The summed E-state index contributed by atoms with van der Waals surface area (Å²) in [7, 11) is -3.73. The zero-order valence-corrected chi connectivity index (χ0v) is 17.3. The van der Waals surface area contributed by atoms with E-state index in [1.54, 1.807) is 24.3 Å². The van der Waals surface area contributed by atoms with E-state index in [0.29, 0.717) is 23.6 Å². The molecule has 29 heavy (non-hydrogen) atoms. The quantitative estimate of drug-likeness (QED) is 0.715. The molecule has 0 aromatic heterocycles. The number of rotatable bonds is 7. The van der Waals surface area contributed by atoms with E-state index in [1.165, 1.54) is 16.4 Å². The largest absolute Gasteiger partial charge is 0.493 e. The van der Waals surface area contributed by atoms with Gasteiger partial charge in [-0.2, -0.15) is 4.31 Å². The van der Waals surface area contributed by atoms with Crippen molar-refractivity contribution < 1.29 is 22.3 Å². The van der Waals surface area contributed by atoms with Gasteiger partial charge in [0.1, 0.15) is 11.6 Å². The van der Waals surface area contributed by atoms with E-state index in [1.807, 2.05) is 0 Å². The van der Waals surface area contributed by atoms with Crippen LogP contribution in [0, 0.1) is 11.2 Å². The number of primary amides is 1. The molecule has 0 unspecified atom stereocenters. The predicted molar refractivity (Wildman–Crippen MR) is 108 cm³/mol. The molecule has 156 valence electrons. The van der Waals surface area contributed by atoms with Crippen LogP contribution in [0.5, 0.6) is 5.75 Å². The first-order chi connectivity index (χ1) is 13.7. The fourth-order valence-corrected chi connectivity index (χ4v) is 5.03. The van der Waals surface area contributed by atoms with Crippen LogP contribution in [0.1, 0.15) is 19.3 Å². The molecule has 1 amide bonds. The number of amides is 1. The SMILES string of the molecule is NC(=O)CC1(COc2ccc(Cl)cc2)CCN(S(=O)(=O)c2ccc(F)cc2)CC1. The summed E-state index contributed by atoms with van der Waals surface area (Å²) in [6, 6.07) is 11.6. The number of carbonyl (C=O) groups is 1. The van der Waals surface area contributed by atoms with Crippen molar-refractivity contribution in [3.8, 4) is 5.75 Å². The maximum absolute atomic E-state index is 13.1. The summed E-state index contributed by atoms with van der Waals surface area (Å²) in [6.07, 6.45) is 0.943. The number of hydrogen-bond donors (Lipinski definition) is 1. The highest BCUT2D eigenvalue weighted by Crippen LogP contribution is 2.37. The van der Waals surface area contributed by atoms with Crippen molar-refractivity contribution >= 4 is 27.5 Å². The summed E-state index contributed by atoms with van der Waals surface area (Å²) in [5.74, 6) is -0.346. The van der Waals surface area contributed by atoms with Gasteiger partial charge in [-0.05, 0) is 61.4 Å². The zero-order chi connectivity index (χ0) is 21.1. The molecule has 1 saturated heterocycles. The van der Waals surface area contributed by atoms with E-state index >= 15 is 0 Å². The van der Waals surface area contributed by atoms with E-state index in [2.05, 4.69) is 0 Å². The minimum absolute atomic E-state index is 0.0405. The Bertz CT molecular complexity index is 957. The van der Waals surface area contributed by atoms with Gasteiger partial charge in [0.05, 0.1) is 11.5 Å². The second-order valence-electron chi connectivity index (χ2n) is 7.24. The Morgan fingerprint density at radius 1 is 1.10 bits per heavy atom. The summed E-state index contributed by atoms with van der Waals surface area (Å²) in [6.45, 7) is 0.677. The molecule has 0 atom stereocenters. The van der Waals surface area contributed by atoms with Crippen molar-refractivity contribution in [2.75, 3.05) is 19.7 Å². The van der Waals surface area contributed by atoms with Gasteiger partial charge >= 0.3 is 0 Å². The molecule has 0 spiro atoms. The molecule has 2 aromatic carbocycles. The van der Waals surface area contributed by atoms with Crippen LogP contribution in [0.15, 0.2) is 53.4 Å². The Labute approximate surface area is 174 Å². The molecular weight excluding hydrogens is 419 g/mol. The van der Waals surface area contributed by atoms with Crippen molar-refractivity contribution in [2.24, 2.45) is 11.1 Å². The van der Waals surface area contributed by atoms with E-state index < -0.39 is 27.2 Å². The number of carbonyl (C=O) groups excluding carboxylic acids is 1. The number of benzene rings is 2. The highest BCUT2D eigenvalue weighted by atomic mass is 35.5. The zero-order valence-electron chi connectivity index (χ0n) is 15.7. The van der Waals surface area contributed by atoms with Crippen LogP contribution in [0.2, 0.25) is 5.02 Å². The number of ether oxygens (including phenoxy) is 1. The molecule has 0 saturated carbocycles. The van der Waals surface area contributed by atoms with E-state index in [-0.39, 0.29) is 31.0 Å². The van der Waals surface area contributed by atoms with Gasteiger partial charge in [-0.1, -0.05) is 11.6 Å². The Hall–Kier alpha value is -2.16. The molecule has 2 aromatic rings. The Morgan fingerprint density at radius 3 is 2.24 bits per heavy atom. The third-order valence-corrected chi connectivity index (χ3v) is 7.31. The number of piperidine rings is 1. The molecule has 2 N–H and O–H groups in total. The van der Waals surface area contributed by atoms with Gasteiger partial charge in [-0.3, -0.25) is 4.79 Å². The summed E-state index contributed by atoms with van der Waals surface area (Å²) in [5.41, 5.74) is 4.89. The third-order valence-electron chi connectivity index (χ3n) is 5.14. The van der Waals surface area contributed by atoms with E-state index in [9.17, 15) is 17.6 Å². The van der Waals surface area contributed by atoms with Crippen molar-refractivity contribution in [1.82, 2.24) is 4.31 Å². The van der Waals surface area contributed by atoms with Crippen LogP contribution >= 0.6 is 11.6 Å². The van der Waals surface area contributed by atoms with Crippen LogP contribution in [0.3, 0.4) is 0 Å². The fraction of sp³-hybridized carbons (Fsp3) is 0.350. The van der Waals surface area contributed by atoms with Crippen LogP contribution in [-0.4, -0.2) is 38.3 Å². The van der Waals surface area contributed by atoms with Gasteiger partial charge in [0, 0.05) is 29.9 Å². The number of hydrogen-bond acceptors (Lipinski definition) is 4. The van der Waals surface area contributed by atoms with Gasteiger partial charge < -0.3 is 10.5 Å². The minimum atomic E-state index is -3.73. The van der Waals surface area contributed by atoms with Gasteiger partial charge in [0.2, 0.25) is 15.9 Å². The number of halogens is 2. The van der Waals surface area contributed by atoms with Crippen LogP contribution in [0.4, 0.5) is 4.39 Å². The molecule has 9 heteroatoms. The fourth-order valence-electron chi connectivity index (χ4n) is 3.47. The first-order valence-corrected chi connectivity index (χ1v) is 10.9. The standard InChI is InChI=1S/C20H22ClFN2O4S/c21-15-1-5-17(6-2-15)28-14-20(13-19(23)25)9-11-24(12-10-20)29(26,27)18-7-3-16(22)4-8-18/h1-8H,9-14H2,(H2,23,25). The molecular formula is C20H22ClFN2O4S. The maximum atomic E-state index is 13.1. The second kappa shape index (κ2) is 8.69. The van der Waals surface area contributed by atoms with Crippen LogP contribution in [0.25, 0.3) is 0 Å². The maximum Gasteiger partial charge on any atom is 0.243 e. The Morgan fingerprint density at radius 2 is 1.69 bits per heavy atom. The molecule has 0 bridgehead atoms. The summed E-state index contributed by atoms with van der Waals surface area (Å²) in [4.78, 5) is 11.7.